The highest BCUT2D eigenvalue weighted by Crippen LogP contribution is 2.44. The Kier molecular flexibility index (Phi) is 7.14. The van der Waals surface area contributed by atoms with Gasteiger partial charge in [-0.2, -0.15) is 0 Å². The Bertz CT molecular complexity index is 1570. The first-order chi connectivity index (χ1) is 20.3. The number of anilines is 2. The van der Waals surface area contributed by atoms with Crippen molar-refractivity contribution >= 4 is 50.5 Å². The van der Waals surface area contributed by atoms with Crippen LogP contribution in [0.1, 0.15) is 12.5 Å². The molecule has 7 heterocycles. The molecular weight excluding hydrogens is 602 g/mol. The van der Waals surface area contributed by atoms with Gasteiger partial charge >= 0.3 is 16.5 Å². The first kappa shape index (κ1) is 27.7. The van der Waals surface area contributed by atoms with Gasteiger partial charge in [0.15, 0.2) is 35.4 Å². The Labute approximate surface area is 235 Å². The number of rotatable bonds is 2. The molecule has 4 bridgehead atoms. The molecule has 0 aliphatic carbocycles. The first-order valence-electron chi connectivity index (χ1n) is 12.5. The number of fused-ring (bicyclic) bond motifs is 6. The highest BCUT2D eigenvalue weighted by molar-refractivity contribution is 7.33. The second kappa shape index (κ2) is 10.8. The molecule has 42 heavy (non-hydrogen) atoms. The Balaban J connectivity index is 1.17. The molecule has 0 saturated carbocycles. The second-order valence-electron chi connectivity index (χ2n) is 9.56. The number of aliphatic hydroxyl groups excluding tert-OH is 2. The summed E-state index contributed by atoms with van der Waals surface area (Å²) in [6.07, 6.45) is -4.62. The van der Waals surface area contributed by atoms with Crippen LogP contribution in [-0.4, -0.2) is 99.1 Å². The average molecular weight is 626 g/mol. The number of imidazole rings is 2. The number of nitrogen functional groups attached to an aromatic ring is 2. The standard InChI is InChI=1S/C20H24N10O10P2/c21-15-9-17(25-3-23-15)29(5-27-9)19-13-11(31)7(37-19)1-35-41(33)39-14-12(32)8(2-36-42(34)40-13)38-20(14)30-6-28-10-16(22)24-4-26-18(10)30/h3-8,11-14,19-20,31-32,41-42H,1-2H2,(H2,21,23,25)(H2,22,24,26)/t7-,8-,11-,12-,13-,14-,19-,20-/m1/s1. The summed E-state index contributed by atoms with van der Waals surface area (Å²) in [6, 6.07) is 0. The Morgan fingerprint density at radius 3 is 1.57 bits per heavy atom. The molecule has 0 spiro atoms. The Morgan fingerprint density at radius 1 is 0.714 bits per heavy atom. The molecule has 2 unspecified atom stereocenters. The maximum absolute atomic E-state index is 13.0. The predicted molar refractivity (Wildman–Crippen MR) is 139 cm³/mol. The summed E-state index contributed by atoms with van der Waals surface area (Å²) in [5.74, 6) is 0.236. The highest BCUT2D eigenvalue weighted by Gasteiger charge is 2.50. The van der Waals surface area contributed by atoms with Crippen LogP contribution in [-0.2, 0) is 36.7 Å². The van der Waals surface area contributed by atoms with Crippen molar-refractivity contribution in [2.45, 2.75) is 49.1 Å². The molecule has 10 atom stereocenters. The van der Waals surface area contributed by atoms with E-state index < -0.39 is 78.8 Å². The quantitative estimate of drug-likeness (QED) is 0.193. The summed E-state index contributed by atoms with van der Waals surface area (Å²) in [5, 5.41) is 22.1. The van der Waals surface area contributed by atoms with Crippen LogP contribution in [0.3, 0.4) is 0 Å². The molecule has 224 valence electrons. The number of hydrogen-bond acceptors (Lipinski definition) is 18. The fourth-order valence-corrected chi connectivity index (χ4v) is 6.81. The number of aliphatic hydroxyl groups is 2. The van der Waals surface area contributed by atoms with Gasteiger partial charge in [-0.1, -0.05) is 0 Å². The van der Waals surface area contributed by atoms with E-state index in [2.05, 4.69) is 29.9 Å². The normalized spacial score (nSPS) is 36.0. The Hall–Kier alpha value is -3.16. The first-order valence-corrected chi connectivity index (χ1v) is 14.9. The molecule has 0 amide bonds. The van der Waals surface area contributed by atoms with Crippen molar-refractivity contribution in [3.05, 3.63) is 25.3 Å². The maximum Gasteiger partial charge on any atom is 0.319 e. The smallest absolute Gasteiger partial charge is 0.319 e. The molecule has 3 saturated heterocycles. The van der Waals surface area contributed by atoms with E-state index in [0.29, 0.717) is 0 Å². The van der Waals surface area contributed by atoms with Gasteiger partial charge in [0.2, 0.25) is 0 Å². The summed E-state index contributed by atoms with van der Waals surface area (Å²) in [5.41, 5.74) is 12.9. The zero-order valence-electron chi connectivity index (χ0n) is 21.2. The molecule has 0 radical (unpaired) electrons. The lowest BCUT2D eigenvalue weighted by Gasteiger charge is -2.23. The van der Waals surface area contributed by atoms with Crippen molar-refractivity contribution in [2.24, 2.45) is 0 Å². The van der Waals surface area contributed by atoms with Gasteiger partial charge in [0.05, 0.1) is 25.9 Å². The van der Waals surface area contributed by atoms with Crippen molar-refractivity contribution < 1.29 is 46.9 Å². The lowest BCUT2D eigenvalue weighted by atomic mass is 10.1. The average Bonchev–Trinajstić information content (AvgIpc) is 3.73. The summed E-state index contributed by atoms with van der Waals surface area (Å²) in [6.45, 7) is -0.840. The van der Waals surface area contributed by atoms with Gasteiger partial charge in [0.1, 0.15) is 60.3 Å². The van der Waals surface area contributed by atoms with Gasteiger partial charge < -0.3 is 40.2 Å². The van der Waals surface area contributed by atoms with Gasteiger partial charge in [-0.3, -0.25) is 27.3 Å². The van der Waals surface area contributed by atoms with Gasteiger partial charge in [-0.05, 0) is 0 Å². The van der Waals surface area contributed by atoms with Crippen molar-refractivity contribution in [3.63, 3.8) is 0 Å². The van der Waals surface area contributed by atoms with Crippen LogP contribution in [0.5, 0.6) is 0 Å². The van der Waals surface area contributed by atoms with Crippen LogP contribution < -0.4 is 11.5 Å². The third-order valence-corrected chi connectivity index (χ3v) is 8.88. The fraction of sp³-hybridized carbons (Fsp3) is 0.500. The maximum atomic E-state index is 13.0. The lowest BCUT2D eigenvalue weighted by Crippen LogP contribution is -2.36. The SMILES string of the molecule is Nc1ncnc2c1ncn2[C@@H]1O[C@@H]2CO[PH](=O)O[C@@H]3[C@H](O)[C@@H](CO[PH](=O)O[C@@H]1[C@@H]2O)O[C@H]3n1cnc2c(N)ncnc21. The molecule has 4 aromatic heterocycles. The second-order valence-corrected chi connectivity index (χ2v) is 11.6. The van der Waals surface area contributed by atoms with Crippen LogP contribution in [0.25, 0.3) is 22.3 Å². The number of nitrogens with two attached hydrogens (primary N) is 2. The topological polar surface area (TPSA) is 269 Å². The van der Waals surface area contributed by atoms with Crippen molar-refractivity contribution in [1.29, 1.82) is 0 Å². The van der Waals surface area contributed by atoms with Crippen LogP contribution in [0.2, 0.25) is 0 Å². The van der Waals surface area contributed by atoms with Gasteiger partial charge in [0.25, 0.3) is 0 Å². The molecule has 4 aromatic rings. The van der Waals surface area contributed by atoms with Crippen molar-refractivity contribution in [3.8, 4) is 0 Å². The molecule has 20 nitrogen and oxygen atoms in total. The van der Waals surface area contributed by atoms with E-state index in [4.69, 9.17) is 39.0 Å². The molecule has 3 aliphatic rings. The van der Waals surface area contributed by atoms with Crippen LogP contribution in [0.4, 0.5) is 11.6 Å². The minimum atomic E-state index is -3.32. The minimum Gasteiger partial charge on any atom is -0.387 e. The molecule has 7 rings (SSSR count). The predicted octanol–water partition coefficient (Wildman–Crippen LogP) is -1.06. The molecule has 3 aliphatic heterocycles. The number of aromatic nitrogens is 8. The van der Waals surface area contributed by atoms with Gasteiger partial charge in [0, 0.05) is 0 Å². The van der Waals surface area contributed by atoms with Crippen LogP contribution in [0, 0.1) is 0 Å². The third kappa shape index (κ3) is 4.65. The molecule has 3 fully saturated rings. The third-order valence-electron chi connectivity index (χ3n) is 7.14. The number of hydrogen-bond donors (Lipinski definition) is 4. The molecule has 0 aromatic carbocycles. The summed E-state index contributed by atoms with van der Waals surface area (Å²) in [4.78, 5) is 24.5. The Morgan fingerprint density at radius 2 is 1.14 bits per heavy atom. The van der Waals surface area contributed by atoms with E-state index in [9.17, 15) is 19.3 Å². The monoisotopic (exact) mass is 626 g/mol. The molecule has 22 heteroatoms. The van der Waals surface area contributed by atoms with Gasteiger partial charge in [-0.15, -0.1) is 0 Å². The van der Waals surface area contributed by atoms with E-state index >= 15 is 0 Å². The van der Waals surface area contributed by atoms with E-state index in [0.717, 1.165) is 0 Å². The van der Waals surface area contributed by atoms with E-state index in [1.165, 1.54) is 34.4 Å². The summed E-state index contributed by atoms with van der Waals surface area (Å²) >= 11 is 0. The fourth-order valence-electron chi connectivity index (χ4n) is 5.12. The lowest BCUT2D eigenvalue weighted by molar-refractivity contribution is -0.0575. The molecular formula is C20H24N10O10P2. The van der Waals surface area contributed by atoms with E-state index in [1.807, 2.05) is 0 Å². The molecule has 6 N–H and O–H groups in total. The number of nitrogens with zero attached hydrogens (tertiary/aromatic N) is 8. The summed E-state index contributed by atoms with van der Waals surface area (Å²) < 4.78 is 62.9. The van der Waals surface area contributed by atoms with Crippen LogP contribution >= 0.6 is 16.5 Å². The highest BCUT2D eigenvalue weighted by atomic mass is 31.1. The minimum absolute atomic E-state index is 0.118. The van der Waals surface area contributed by atoms with E-state index in [-0.39, 0.29) is 34.0 Å². The van der Waals surface area contributed by atoms with Gasteiger partial charge in [-0.25, -0.2) is 29.9 Å². The zero-order valence-corrected chi connectivity index (χ0v) is 23.2. The van der Waals surface area contributed by atoms with E-state index in [1.54, 1.807) is 0 Å². The van der Waals surface area contributed by atoms with Crippen LogP contribution in [0.15, 0.2) is 25.3 Å². The van der Waals surface area contributed by atoms with Crippen molar-refractivity contribution in [1.82, 2.24) is 39.0 Å². The number of ether oxygens (including phenoxy) is 2. The largest absolute Gasteiger partial charge is 0.387 e. The summed E-state index contributed by atoms with van der Waals surface area (Å²) in [7, 11) is -6.65. The van der Waals surface area contributed by atoms with Crippen molar-refractivity contribution in [2.75, 3.05) is 24.7 Å². The zero-order chi connectivity index (χ0) is 29.1.